The third kappa shape index (κ3) is 2.75. The molecule has 116 valence electrons. The molecule has 5 nitrogen and oxygen atoms in total. The van der Waals surface area contributed by atoms with Gasteiger partial charge in [-0.05, 0) is 19.3 Å². The summed E-state index contributed by atoms with van der Waals surface area (Å²) >= 11 is 1.75. The highest BCUT2D eigenvalue weighted by atomic mass is 32.2. The lowest BCUT2D eigenvalue weighted by Crippen LogP contribution is -2.63. The SMILES string of the molecule is CS(=O)(=O)C1CSCCN1C1(CN)CCN(C2CC2)C1. The summed E-state index contributed by atoms with van der Waals surface area (Å²) in [6.07, 6.45) is 4.98. The Bertz CT molecular complexity index is 466. The number of thioether (sulfide) groups is 1. The standard InChI is InChI=1S/C13H25N3O2S2/c1-20(17,18)12-8-19-7-6-16(12)13(9-14)4-5-15(10-13)11-2-3-11/h11-12H,2-10,14H2,1H3. The van der Waals surface area contributed by atoms with Crippen molar-refractivity contribution in [3.8, 4) is 0 Å². The van der Waals surface area contributed by atoms with Crippen molar-refractivity contribution < 1.29 is 8.42 Å². The van der Waals surface area contributed by atoms with E-state index >= 15 is 0 Å². The van der Waals surface area contributed by atoms with Crippen LogP contribution in [0.5, 0.6) is 0 Å². The minimum absolute atomic E-state index is 0.128. The maximum absolute atomic E-state index is 12.1. The smallest absolute Gasteiger partial charge is 0.164 e. The molecule has 2 atom stereocenters. The van der Waals surface area contributed by atoms with E-state index < -0.39 is 9.84 Å². The number of sulfone groups is 1. The first-order valence-electron chi connectivity index (χ1n) is 7.44. The van der Waals surface area contributed by atoms with E-state index in [4.69, 9.17) is 5.73 Å². The summed E-state index contributed by atoms with van der Waals surface area (Å²) in [5.74, 6) is 1.70. The molecule has 0 bridgehead atoms. The molecule has 0 aromatic heterocycles. The first-order valence-corrected chi connectivity index (χ1v) is 10.5. The van der Waals surface area contributed by atoms with E-state index in [0.29, 0.717) is 12.3 Å². The molecule has 20 heavy (non-hydrogen) atoms. The summed E-state index contributed by atoms with van der Waals surface area (Å²) in [5.41, 5.74) is 5.99. The van der Waals surface area contributed by atoms with Crippen LogP contribution in [0.3, 0.4) is 0 Å². The van der Waals surface area contributed by atoms with Gasteiger partial charge in [-0.15, -0.1) is 0 Å². The molecule has 3 aliphatic rings. The second kappa shape index (κ2) is 5.43. The fraction of sp³-hybridized carbons (Fsp3) is 1.00. The molecule has 0 radical (unpaired) electrons. The molecule has 0 spiro atoms. The fourth-order valence-corrected chi connectivity index (χ4v) is 6.58. The van der Waals surface area contributed by atoms with Gasteiger partial charge in [-0.25, -0.2) is 8.42 Å². The molecule has 2 unspecified atom stereocenters. The van der Waals surface area contributed by atoms with E-state index in [1.165, 1.54) is 19.1 Å². The topological polar surface area (TPSA) is 66.6 Å². The summed E-state index contributed by atoms with van der Waals surface area (Å²) in [6, 6.07) is 0.735. The van der Waals surface area contributed by atoms with E-state index in [-0.39, 0.29) is 10.9 Å². The van der Waals surface area contributed by atoms with Gasteiger partial charge >= 0.3 is 0 Å². The van der Waals surface area contributed by atoms with E-state index in [1.54, 1.807) is 11.8 Å². The molecule has 3 rings (SSSR count). The average molecular weight is 319 g/mol. The monoisotopic (exact) mass is 319 g/mol. The lowest BCUT2D eigenvalue weighted by molar-refractivity contribution is 0.0933. The first-order chi connectivity index (χ1) is 9.46. The first kappa shape index (κ1) is 15.1. The maximum atomic E-state index is 12.1. The number of nitrogens with zero attached hydrogens (tertiary/aromatic N) is 2. The zero-order valence-electron chi connectivity index (χ0n) is 12.1. The van der Waals surface area contributed by atoms with E-state index in [1.807, 2.05) is 0 Å². The quantitative estimate of drug-likeness (QED) is 0.785. The van der Waals surface area contributed by atoms with Gasteiger partial charge in [-0.3, -0.25) is 9.80 Å². The summed E-state index contributed by atoms with van der Waals surface area (Å²) in [4.78, 5) is 4.75. The summed E-state index contributed by atoms with van der Waals surface area (Å²) in [6.45, 7) is 3.43. The Balaban J connectivity index is 1.83. The Morgan fingerprint density at radius 2 is 2.10 bits per heavy atom. The van der Waals surface area contributed by atoms with Crippen LogP contribution in [0.4, 0.5) is 0 Å². The number of hydrogen-bond donors (Lipinski definition) is 1. The number of nitrogens with two attached hydrogens (primary N) is 1. The second-order valence-corrected chi connectivity index (χ2v) is 9.79. The number of likely N-dealkylation sites (tertiary alicyclic amines) is 1. The van der Waals surface area contributed by atoms with Crippen LogP contribution in [-0.4, -0.2) is 79.1 Å². The van der Waals surface area contributed by atoms with Crippen molar-refractivity contribution in [1.82, 2.24) is 9.80 Å². The maximum Gasteiger partial charge on any atom is 0.164 e. The molecule has 3 fully saturated rings. The number of rotatable bonds is 4. The van der Waals surface area contributed by atoms with Gasteiger partial charge in [0.05, 0.1) is 0 Å². The van der Waals surface area contributed by atoms with Gasteiger partial charge in [0.2, 0.25) is 0 Å². The normalized spacial score (nSPS) is 37.4. The summed E-state index contributed by atoms with van der Waals surface area (Å²) in [5, 5.41) is -0.357. The Labute approximate surface area is 126 Å². The van der Waals surface area contributed by atoms with E-state index in [9.17, 15) is 8.42 Å². The predicted octanol–water partition coefficient (Wildman–Crippen LogP) is -0.0285. The van der Waals surface area contributed by atoms with Crippen LogP contribution in [0.15, 0.2) is 0 Å². The van der Waals surface area contributed by atoms with E-state index in [0.717, 1.165) is 37.8 Å². The molecule has 2 saturated heterocycles. The average Bonchev–Trinajstić information content (AvgIpc) is 3.18. The predicted molar refractivity (Wildman–Crippen MR) is 83.7 cm³/mol. The van der Waals surface area contributed by atoms with Crippen molar-refractivity contribution in [2.45, 2.75) is 36.2 Å². The Kier molecular flexibility index (Phi) is 4.09. The lowest BCUT2D eigenvalue weighted by atomic mass is 9.96. The van der Waals surface area contributed by atoms with Crippen LogP contribution in [0, 0.1) is 0 Å². The zero-order valence-corrected chi connectivity index (χ0v) is 13.8. The molecule has 0 aromatic carbocycles. The lowest BCUT2D eigenvalue weighted by Gasteiger charge is -2.46. The summed E-state index contributed by atoms with van der Waals surface area (Å²) in [7, 11) is -3.05. The molecule has 0 aromatic rings. The molecule has 2 heterocycles. The van der Waals surface area contributed by atoms with Gasteiger partial charge in [0.15, 0.2) is 9.84 Å². The van der Waals surface area contributed by atoms with E-state index in [2.05, 4.69) is 9.80 Å². The molecular weight excluding hydrogens is 294 g/mol. The van der Waals surface area contributed by atoms with Crippen molar-refractivity contribution >= 4 is 21.6 Å². The minimum atomic E-state index is -3.05. The van der Waals surface area contributed by atoms with Crippen LogP contribution in [0.25, 0.3) is 0 Å². The Morgan fingerprint density at radius 3 is 2.70 bits per heavy atom. The van der Waals surface area contributed by atoms with Gasteiger partial charge in [0, 0.05) is 55.5 Å². The largest absolute Gasteiger partial charge is 0.329 e. The Hall–Kier alpha value is 0.180. The van der Waals surface area contributed by atoms with Crippen molar-refractivity contribution in [3.63, 3.8) is 0 Å². The highest BCUT2D eigenvalue weighted by molar-refractivity contribution is 8.00. The third-order valence-electron chi connectivity index (χ3n) is 4.99. The van der Waals surface area contributed by atoms with Gasteiger partial charge in [0.1, 0.15) is 5.37 Å². The van der Waals surface area contributed by atoms with Crippen LogP contribution in [0.2, 0.25) is 0 Å². The van der Waals surface area contributed by atoms with Crippen molar-refractivity contribution in [2.75, 3.05) is 43.9 Å². The van der Waals surface area contributed by atoms with Gasteiger partial charge < -0.3 is 5.73 Å². The molecule has 2 aliphatic heterocycles. The van der Waals surface area contributed by atoms with Crippen molar-refractivity contribution in [1.29, 1.82) is 0 Å². The fourth-order valence-electron chi connectivity index (χ4n) is 3.64. The molecule has 2 N–H and O–H groups in total. The van der Waals surface area contributed by atoms with Crippen LogP contribution in [-0.2, 0) is 9.84 Å². The minimum Gasteiger partial charge on any atom is -0.329 e. The Morgan fingerprint density at radius 1 is 1.35 bits per heavy atom. The van der Waals surface area contributed by atoms with Crippen molar-refractivity contribution in [3.05, 3.63) is 0 Å². The molecular formula is C13H25N3O2S2. The molecule has 7 heteroatoms. The highest BCUT2D eigenvalue weighted by Gasteiger charge is 2.50. The van der Waals surface area contributed by atoms with Crippen LogP contribution in [0.1, 0.15) is 19.3 Å². The third-order valence-corrected chi connectivity index (χ3v) is 7.64. The van der Waals surface area contributed by atoms with Crippen LogP contribution >= 0.6 is 11.8 Å². The van der Waals surface area contributed by atoms with Crippen molar-refractivity contribution in [2.24, 2.45) is 5.73 Å². The van der Waals surface area contributed by atoms with Gasteiger partial charge in [0.25, 0.3) is 0 Å². The van der Waals surface area contributed by atoms with Crippen LogP contribution < -0.4 is 5.73 Å². The molecule has 0 amide bonds. The molecule has 1 saturated carbocycles. The summed E-state index contributed by atoms with van der Waals surface area (Å²) < 4.78 is 24.3. The number of hydrogen-bond acceptors (Lipinski definition) is 6. The zero-order chi connectivity index (χ0) is 14.4. The molecule has 1 aliphatic carbocycles. The highest BCUT2D eigenvalue weighted by Crippen LogP contribution is 2.38. The second-order valence-electron chi connectivity index (χ2n) is 6.43. The van der Waals surface area contributed by atoms with Gasteiger partial charge in [-0.2, -0.15) is 11.8 Å². The van der Waals surface area contributed by atoms with Gasteiger partial charge in [-0.1, -0.05) is 0 Å².